The molecule has 0 spiro atoms. The Morgan fingerprint density at radius 1 is 1.14 bits per heavy atom. The second-order valence-corrected chi connectivity index (χ2v) is 5.65. The summed E-state index contributed by atoms with van der Waals surface area (Å²) in [6.07, 6.45) is 2.43. The Morgan fingerprint density at radius 3 is 2.71 bits per heavy atom. The van der Waals surface area contributed by atoms with Crippen LogP contribution in [0, 0.1) is 11.6 Å². The summed E-state index contributed by atoms with van der Waals surface area (Å²) in [5, 5.41) is 0. The van der Waals surface area contributed by atoms with Crippen molar-refractivity contribution in [2.45, 2.75) is 4.90 Å². The van der Waals surface area contributed by atoms with Crippen molar-refractivity contribution in [3.8, 4) is 0 Å². The number of halogens is 2. The number of H-pyrrole nitrogens is 1. The maximum atomic E-state index is 13.6. The van der Waals surface area contributed by atoms with E-state index in [1.165, 1.54) is 6.33 Å². The van der Waals surface area contributed by atoms with E-state index in [1.807, 2.05) is 0 Å². The third-order valence-corrected chi connectivity index (χ3v) is 4.01. The number of nitrogens with one attached hydrogen (secondary N) is 2. The van der Waals surface area contributed by atoms with Gasteiger partial charge in [0.05, 0.1) is 6.33 Å². The summed E-state index contributed by atoms with van der Waals surface area (Å²) in [7, 11) is -4.26. The van der Waals surface area contributed by atoms with Gasteiger partial charge in [-0.15, -0.1) is 0 Å². The molecule has 0 fully saturated rings. The molecule has 0 radical (unpaired) electrons. The maximum absolute atomic E-state index is 13.6. The van der Waals surface area contributed by atoms with E-state index in [0.29, 0.717) is 6.07 Å². The molecule has 0 saturated heterocycles. The van der Waals surface area contributed by atoms with Gasteiger partial charge in [0.25, 0.3) is 10.0 Å². The van der Waals surface area contributed by atoms with Gasteiger partial charge in [-0.1, -0.05) is 0 Å². The topological polar surface area (TPSA) is 101 Å². The minimum atomic E-state index is -4.26. The highest BCUT2D eigenvalue weighted by Gasteiger charge is 2.21. The molecule has 0 aliphatic carbocycles. The van der Waals surface area contributed by atoms with Crippen LogP contribution in [-0.2, 0) is 10.0 Å². The van der Waals surface area contributed by atoms with E-state index in [-0.39, 0.29) is 17.0 Å². The minimum absolute atomic E-state index is 0.0822. The van der Waals surface area contributed by atoms with E-state index in [4.69, 9.17) is 0 Å². The smallest absolute Gasteiger partial charge is 0.266 e. The average molecular weight is 311 g/mol. The number of anilines is 1. The number of benzene rings is 1. The molecule has 0 atom stereocenters. The lowest BCUT2D eigenvalue weighted by Crippen LogP contribution is -2.16. The Balaban J connectivity index is 2.05. The van der Waals surface area contributed by atoms with Gasteiger partial charge in [0, 0.05) is 6.07 Å². The number of hydrogen-bond donors (Lipinski definition) is 2. The van der Waals surface area contributed by atoms with Crippen LogP contribution in [-0.4, -0.2) is 28.4 Å². The molecule has 0 amide bonds. The van der Waals surface area contributed by atoms with Gasteiger partial charge in [-0.3, -0.25) is 4.72 Å². The fourth-order valence-electron chi connectivity index (χ4n) is 1.72. The summed E-state index contributed by atoms with van der Waals surface area (Å²) in [4.78, 5) is 13.4. The first kappa shape index (κ1) is 13.4. The van der Waals surface area contributed by atoms with Crippen molar-refractivity contribution >= 4 is 27.0 Å². The molecule has 3 rings (SSSR count). The van der Waals surface area contributed by atoms with Crippen molar-refractivity contribution < 1.29 is 17.2 Å². The molecule has 0 bridgehead atoms. The monoisotopic (exact) mass is 311 g/mol. The predicted octanol–water partition coefficient (Wildman–Crippen LogP) is 1.43. The Hall–Kier alpha value is -2.62. The van der Waals surface area contributed by atoms with Crippen LogP contribution >= 0.6 is 0 Å². The Bertz CT molecular complexity index is 925. The van der Waals surface area contributed by atoms with Crippen LogP contribution in [0.25, 0.3) is 11.2 Å². The van der Waals surface area contributed by atoms with E-state index in [2.05, 4.69) is 24.7 Å². The van der Waals surface area contributed by atoms with Gasteiger partial charge in [-0.25, -0.2) is 32.2 Å². The van der Waals surface area contributed by atoms with Crippen LogP contribution in [0.5, 0.6) is 0 Å². The molecule has 3 aromatic rings. The Labute approximate surface area is 117 Å². The van der Waals surface area contributed by atoms with Gasteiger partial charge < -0.3 is 4.98 Å². The summed E-state index contributed by atoms with van der Waals surface area (Å²) in [5.41, 5.74) is 0.505. The van der Waals surface area contributed by atoms with Crippen molar-refractivity contribution in [3.05, 3.63) is 42.5 Å². The number of sulfonamides is 1. The summed E-state index contributed by atoms with van der Waals surface area (Å²) < 4.78 is 52.8. The largest absolute Gasteiger partial charge is 0.340 e. The van der Waals surface area contributed by atoms with E-state index in [9.17, 15) is 17.2 Å². The van der Waals surface area contributed by atoms with Crippen LogP contribution in [0.4, 0.5) is 14.6 Å². The Kier molecular flexibility index (Phi) is 3.01. The lowest BCUT2D eigenvalue weighted by molar-refractivity contribution is 0.551. The van der Waals surface area contributed by atoms with Gasteiger partial charge in [0.1, 0.15) is 28.4 Å². The number of nitrogens with zero attached hydrogens (tertiary/aromatic N) is 3. The third kappa shape index (κ3) is 2.40. The zero-order valence-corrected chi connectivity index (χ0v) is 11.0. The van der Waals surface area contributed by atoms with Gasteiger partial charge in [-0.05, 0) is 12.1 Å². The third-order valence-electron chi connectivity index (χ3n) is 2.64. The molecular formula is C11H7F2N5O2S. The lowest BCUT2D eigenvalue weighted by Gasteiger charge is -2.08. The van der Waals surface area contributed by atoms with E-state index in [1.54, 1.807) is 0 Å². The molecule has 0 aliphatic rings. The fourth-order valence-corrected chi connectivity index (χ4v) is 2.80. The summed E-state index contributed by atoms with van der Waals surface area (Å²) in [6.45, 7) is 0. The zero-order chi connectivity index (χ0) is 15.0. The fraction of sp³-hybridized carbons (Fsp3) is 0. The molecule has 2 N–H and O–H groups in total. The van der Waals surface area contributed by atoms with Crippen molar-refractivity contribution in [2.75, 3.05) is 4.72 Å². The maximum Gasteiger partial charge on any atom is 0.266 e. The number of aromatic nitrogens is 4. The second kappa shape index (κ2) is 4.74. The van der Waals surface area contributed by atoms with Crippen molar-refractivity contribution in [2.24, 2.45) is 0 Å². The lowest BCUT2D eigenvalue weighted by atomic mass is 10.3. The van der Waals surface area contributed by atoms with Gasteiger partial charge >= 0.3 is 0 Å². The zero-order valence-electron chi connectivity index (χ0n) is 10.2. The van der Waals surface area contributed by atoms with Gasteiger partial charge in [0.15, 0.2) is 11.5 Å². The van der Waals surface area contributed by atoms with E-state index >= 15 is 0 Å². The van der Waals surface area contributed by atoms with Crippen molar-refractivity contribution in [1.82, 2.24) is 19.9 Å². The SMILES string of the molecule is O=S(=O)(Nc1ncnc2nc[nH]c12)c1ccc(F)cc1F. The molecule has 10 heteroatoms. The molecular weight excluding hydrogens is 304 g/mol. The normalized spacial score (nSPS) is 11.7. The highest BCUT2D eigenvalue weighted by Crippen LogP contribution is 2.21. The minimum Gasteiger partial charge on any atom is -0.340 e. The molecule has 0 unspecified atom stereocenters. The van der Waals surface area contributed by atoms with Gasteiger partial charge in [0.2, 0.25) is 0 Å². The number of fused-ring (bicyclic) bond motifs is 1. The first-order chi connectivity index (χ1) is 9.97. The number of hydrogen-bond acceptors (Lipinski definition) is 5. The average Bonchev–Trinajstić information content (AvgIpc) is 2.87. The van der Waals surface area contributed by atoms with E-state index in [0.717, 1.165) is 18.5 Å². The highest BCUT2D eigenvalue weighted by molar-refractivity contribution is 7.92. The van der Waals surface area contributed by atoms with Crippen LogP contribution in [0.2, 0.25) is 0 Å². The van der Waals surface area contributed by atoms with Crippen molar-refractivity contribution in [3.63, 3.8) is 0 Å². The first-order valence-corrected chi connectivity index (χ1v) is 7.07. The van der Waals surface area contributed by atoms with Crippen LogP contribution < -0.4 is 4.72 Å². The Morgan fingerprint density at radius 2 is 1.95 bits per heavy atom. The standard InChI is InChI=1S/C11H7F2N5O2S/c12-6-1-2-8(7(13)3-6)21(19,20)18-11-9-10(15-4-14-9)16-5-17-11/h1-5H,(H2,14,15,16,17,18). The van der Waals surface area contributed by atoms with Crippen LogP contribution in [0.1, 0.15) is 0 Å². The number of aromatic amines is 1. The van der Waals surface area contributed by atoms with Crippen LogP contribution in [0.15, 0.2) is 35.7 Å². The quantitative estimate of drug-likeness (QED) is 0.762. The molecule has 108 valence electrons. The summed E-state index contributed by atoms with van der Waals surface area (Å²) in [5.74, 6) is -2.15. The molecule has 7 nitrogen and oxygen atoms in total. The first-order valence-electron chi connectivity index (χ1n) is 5.59. The molecule has 2 heterocycles. The van der Waals surface area contributed by atoms with Gasteiger partial charge in [-0.2, -0.15) is 0 Å². The summed E-state index contributed by atoms with van der Waals surface area (Å²) in [6, 6.07) is 2.17. The predicted molar refractivity (Wildman–Crippen MR) is 68.9 cm³/mol. The molecule has 2 aromatic heterocycles. The second-order valence-electron chi connectivity index (χ2n) is 4.00. The number of rotatable bonds is 3. The highest BCUT2D eigenvalue weighted by atomic mass is 32.2. The summed E-state index contributed by atoms with van der Waals surface area (Å²) >= 11 is 0. The van der Waals surface area contributed by atoms with Crippen LogP contribution in [0.3, 0.4) is 0 Å². The van der Waals surface area contributed by atoms with Crippen molar-refractivity contribution in [1.29, 1.82) is 0 Å². The van der Waals surface area contributed by atoms with E-state index < -0.39 is 26.6 Å². The molecule has 21 heavy (non-hydrogen) atoms. The molecule has 0 aliphatic heterocycles. The molecule has 1 aromatic carbocycles. The number of imidazole rings is 1. The molecule has 0 saturated carbocycles.